The molecule has 23 heavy (non-hydrogen) atoms. The summed E-state index contributed by atoms with van der Waals surface area (Å²) in [6.45, 7) is 0.347. The Labute approximate surface area is 137 Å². The molecule has 4 nitrogen and oxygen atoms in total. The van der Waals surface area contributed by atoms with Gasteiger partial charge in [0.15, 0.2) is 0 Å². The molecule has 1 saturated heterocycles. The van der Waals surface area contributed by atoms with E-state index >= 15 is 0 Å². The summed E-state index contributed by atoms with van der Waals surface area (Å²) in [4.78, 5) is -1.14. The molecule has 2 aromatic rings. The molecule has 5 heteroatoms. The zero-order valence-electron chi connectivity index (χ0n) is 13.0. The molecule has 122 valence electrons. The standard InChI is InChI=1S/C18H20O4S/c1-21-16-12-13-22-18(14-16,15-8-4-2-5-9-15)23(19,20)17-10-6-3-7-11-17/h2-11,16H,12-14H2,1H3. The molecule has 0 aromatic heterocycles. The first-order valence-electron chi connectivity index (χ1n) is 7.62. The summed E-state index contributed by atoms with van der Waals surface area (Å²) in [7, 11) is -2.11. The van der Waals surface area contributed by atoms with Gasteiger partial charge in [0.05, 0.1) is 17.6 Å². The second-order valence-corrected chi connectivity index (χ2v) is 7.77. The number of ether oxygens (including phenoxy) is 2. The molecule has 0 N–H and O–H groups in total. The zero-order chi connectivity index (χ0) is 16.3. The van der Waals surface area contributed by atoms with Crippen molar-refractivity contribution in [3.8, 4) is 0 Å². The quantitative estimate of drug-likeness (QED) is 0.863. The monoisotopic (exact) mass is 332 g/mol. The molecule has 2 aromatic carbocycles. The van der Waals surface area contributed by atoms with Crippen LogP contribution in [0.4, 0.5) is 0 Å². The molecule has 0 radical (unpaired) electrons. The topological polar surface area (TPSA) is 52.6 Å². The highest BCUT2D eigenvalue weighted by Crippen LogP contribution is 2.44. The molecular formula is C18H20O4S. The minimum atomic E-state index is -3.72. The van der Waals surface area contributed by atoms with Gasteiger partial charge in [0.1, 0.15) is 0 Å². The molecule has 0 saturated carbocycles. The van der Waals surface area contributed by atoms with Gasteiger partial charge in [-0.15, -0.1) is 0 Å². The maximum Gasteiger partial charge on any atom is 0.212 e. The van der Waals surface area contributed by atoms with Crippen LogP contribution in [0.15, 0.2) is 65.6 Å². The highest BCUT2D eigenvalue weighted by molar-refractivity contribution is 7.92. The van der Waals surface area contributed by atoms with Gasteiger partial charge in [-0.1, -0.05) is 48.5 Å². The molecule has 2 unspecified atom stereocenters. The summed E-state index contributed by atoms with van der Waals surface area (Å²) >= 11 is 0. The number of rotatable bonds is 4. The summed E-state index contributed by atoms with van der Waals surface area (Å²) in [6, 6.07) is 17.6. The predicted octanol–water partition coefficient (Wildman–Crippen LogP) is 3.14. The number of methoxy groups -OCH3 is 1. The highest BCUT2D eigenvalue weighted by Gasteiger charge is 2.51. The van der Waals surface area contributed by atoms with E-state index in [2.05, 4.69) is 0 Å². The van der Waals surface area contributed by atoms with E-state index in [0.717, 1.165) is 0 Å². The number of hydrogen-bond donors (Lipinski definition) is 0. The van der Waals surface area contributed by atoms with Crippen LogP contribution >= 0.6 is 0 Å². The smallest absolute Gasteiger partial charge is 0.212 e. The van der Waals surface area contributed by atoms with Gasteiger partial charge in [-0.25, -0.2) is 8.42 Å². The molecule has 1 fully saturated rings. The second kappa shape index (κ2) is 6.43. The maximum absolute atomic E-state index is 13.4. The lowest BCUT2D eigenvalue weighted by molar-refractivity contribution is -0.0849. The lowest BCUT2D eigenvalue weighted by Gasteiger charge is -2.40. The van der Waals surface area contributed by atoms with Crippen LogP contribution in [0.3, 0.4) is 0 Å². The average molecular weight is 332 g/mol. The van der Waals surface area contributed by atoms with E-state index in [1.165, 1.54) is 0 Å². The van der Waals surface area contributed by atoms with Gasteiger partial charge >= 0.3 is 0 Å². The Morgan fingerprint density at radius 1 is 1.04 bits per heavy atom. The molecule has 0 spiro atoms. The van der Waals surface area contributed by atoms with Crippen LogP contribution < -0.4 is 0 Å². The first kappa shape index (κ1) is 16.2. The fourth-order valence-corrected chi connectivity index (χ4v) is 5.03. The highest BCUT2D eigenvalue weighted by atomic mass is 32.2. The van der Waals surface area contributed by atoms with Crippen molar-refractivity contribution < 1.29 is 17.9 Å². The summed E-state index contributed by atoms with van der Waals surface area (Å²) in [5.74, 6) is 0. The van der Waals surface area contributed by atoms with Crippen molar-refractivity contribution in [2.45, 2.75) is 28.8 Å². The van der Waals surface area contributed by atoms with Gasteiger partial charge in [0, 0.05) is 13.5 Å². The Morgan fingerprint density at radius 3 is 2.26 bits per heavy atom. The maximum atomic E-state index is 13.4. The van der Waals surface area contributed by atoms with Gasteiger partial charge in [0.25, 0.3) is 0 Å². The SMILES string of the molecule is COC1CCOC(c2ccccc2)(S(=O)(=O)c2ccccc2)C1. The van der Waals surface area contributed by atoms with E-state index in [4.69, 9.17) is 9.47 Å². The van der Waals surface area contributed by atoms with Crippen molar-refractivity contribution in [3.63, 3.8) is 0 Å². The Balaban J connectivity index is 2.17. The summed E-state index contributed by atoms with van der Waals surface area (Å²) in [5, 5.41) is 0. The van der Waals surface area contributed by atoms with E-state index in [1.54, 1.807) is 49.6 Å². The molecule has 0 amide bonds. The number of hydrogen-bond acceptors (Lipinski definition) is 4. The number of sulfone groups is 1. The second-order valence-electron chi connectivity index (χ2n) is 5.63. The Bertz CT molecular complexity index is 743. The van der Waals surface area contributed by atoms with Crippen LogP contribution in [0, 0.1) is 0 Å². The Kier molecular flexibility index (Phi) is 4.53. The minimum absolute atomic E-state index is 0.151. The van der Waals surface area contributed by atoms with Crippen LogP contribution in [0.2, 0.25) is 0 Å². The van der Waals surface area contributed by atoms with E-state index in [-0.39, 0.29) is 17.4 Å². The molecule has 1 heterocycles. The van der Waals surface area contributed by atoms with Crippen molar-refractivity contribution in [1.82, 2.24) is 0 Å². The van der Waals surface area contributed by atoms with E-state index in [0.29, 0.717) is 18.6 Å². The summed E-state index contributed by atoms with van der Waals surface area (Å²) < 4.78 is 38.2. The Hall–Kier alpha value is -1.69. The van der Waals surface area contributed by atoms with E-state index in [1.807, 2.05) is 18.2 Å². The van der Waals surface area contributed by atoms with Crippen molar-refractivity contribution in [1.29, 1.82) is 0 Å². The van der Waals surface area contributed by atoms with Crippen LogP contribution in [0.25, 0.3) is 0 Å². The van der Waals surface area contributed by atoms with Gasteiger partial charge in [0.2, 0.25) is 14.8 Å². The van der Waals surface area contributed by atoms with Crippen LogP contribution in [-0.2, 0) is 24.2 Å². The lowest BCUT2D eigenvalue weighted by Crippen LogP contribution is -2.46. The zero-order valence-corrected chi connectivity index (χ0v) is 13.8. The lowest BCUT2D eigenvalue weighted by atomic mass is 9.98. The van der Waals surface area contributed by atoms with Crippen LogP contribution in [0.1, 0.15) is 18.4 Å². The normalized spacial score (nSPS) is 25.2. The van der Waals surface area contributed by atoms with E-state index < -0.39 is 14.8 Å². The van der Waals surface area contributed by atoms with Crippen molar-refractivity contribution in [3.05, 3.63) is 66.2 Å². The first-order chi connectivity index (χ1) is 11.1. The average Bonchev–Trinajstić information content (AvgIpc) is 2.63. The summed E-state index contributed by atoms with van der Waals surface area (Å²) in [5.41, 5.74) is 0.644. The van der Waals surface area contributed by atoms with Crippen molar-refractivity contribution in [2.24, 2.45) is 0 Å². The molecule has 1 aliphatic rings. The fourth-order valence-electron chi connectivity index (χ4n) is 3.04. The van der Waals surface area contributed by atoms with Crippen molar-refractivity contribution in [2.75, 3.05) is 13.7 Å². The summed E-state index contributed by atoms with van der Waals surface area (Å²) in [6.07, 6.45) is 0.822. The van der Waals surface area contributed by atoms with Crippen LogP contribution in [0.5, 0.6) is 0 Å². The minimum Gasteiger partial charge on any atom is -0.381 e. The van der Waals surface area contributed by atoms with Gasteiger partial charge in [-0.3, -0.25) is 0 Å². The largest absolute Gasteiger partial charge is 0.381 e. The van der Waals surface area contributed by atoms with Gasteiger partial charge in [-0.05, 0) is 24.1 Å². The fraction of sp³-hybridized carbons (Fsp3) is 0.333. The molecular weight excluding hydrogens is 312 g/mol. The molecule has 0 aliphatic carbocycles. The first-order valence-corrected chi connectivity index (χ1v) is 9.10. The van der Waals surface area contributed by atoms with E-state index in [9.17, 15) is 8.42 Å². The molecule has 2 atom stereocenters. The number of benzene rings is 2. The molecule has 0 bridgehead atoms. The van der Waals surface area contributed by atoms with Gasteiger partial charge < -0.3 is 9.47 Å². The third-order valence-corrected chi connectivity index (χ3v) is 6.59. The molecule has 3 rings (SSSR count). The Morgan fingerprint density at radius 2 is 1.65 bits per heavy atom. The van der Waals surface area contributed by atoms with Gasteiger partial charge in [-0.2, -0.15) is 0 Å². The molecule has 1 aliphatic heterocycles. The predicted molar refractivity (Wildman–Crippen MR) is 87.7 cm³/mol. The van der Waals surface area contributed by atoms with Crippen molar-refractivity contribution >= 4 is 9.84 Å². The third kappa shape index (κ3) is 2.80. The van der Waals surface area contributed by atoms with Crippen LogP contribution in [-0.4, -0.2) is 28.2 Å². The third-order valence-electron chi connectivity index (χ3n) is 4.31.